The van der Waals surface area contributed by atoms with Gasteiger partial charge in [0.15, 0.2) is 0 Å². The molecule has 6 heteroatoms. The van der Waals surface area contributed by atoms with Crippen LogP contribution in [0, 0.1) is 12.8 Å². The van der Waals surface area contributed by atoms with Gasteiger partial charge in [-0.3, -0.25) is 0 Å². The number of aryl methyl sites for hydroxylation is 1. The first-order chi connectivity index (χ1) is 8.40. The van der Waals surface area contributed by atoms with Gasteiger partial charge in [0.1, 0.15) is 17.6 Å². The molecular weight excluding hydrogens is 236 g/mol. The Morgan fingerprint density at radius 2 is 2.06 bits per heavy atom. The molecule has 0 saturated heterocycles. The number of amides is 2. The van der Waals surface area contributed by atoms with Crippen molar-refractivity contribution in [2.75, 3.05) is 0 Å². The van der Waals surface area contributed by atoms with E-state index < -0.39 is 18.0 Å². The average Bonchev–Trinajstić information content (AvgIpc) is 2.68. The van der Waals surface area contributed by atoms with Crippen molar-refractivity contribution in [1.82, 2.24) is 10.6 Å². The van der Waals surface area contributed by atoms with Crippen LogP contribution in [0.25, 0.3) is 0 Å². The smallest absolute Gasteiger partial charge is 0.326 e. The van der Waals surface area contributed by atoms with Crippen LogP contribution in [0.5, 0.6) is 0 Å². The van der Waals surface area contributed by atoms with Crippen LogP contribution in [0.15, 0.2) is 16.5 Å². The Kier molecular flexibility index (Phi) is 4.76. The third-order valence-electron chi connectivity index (χ3n) is 2.44. The van der Waals surface area contributed by atoms with E-state index in [-0.39, 0.29) is 12.5 Å². The van der Waals surface area contributed by atoms with Crippen LogP contribution in [0.1, 0.15) is 25.4 Å². The van der Waals surface area contributed by atoms with Crippen molar-refractivity contribution >= 4 is 12.0 Å². The number of carboxylic acid groups (broad SMARTS) is 1. The zero-order valence-corrected chi connectivity index (χ0v) is 10.7. The number of carboxylic acids is 1. The third-order valence-corrected chi connectivity index (χ3v) is 2.44. The molecule has 1 aromatic heterocycles. The molecule has 0 aromatic carbocycles. The van der Waals surface area contributed by atoms with Gasteiger partial charge < -0.3 is 20.2 Å². The fraction of sp³-hybridized carbons (Fsp3) is 0.500. The van der Waals surface area contributed by atoms with Gasteiger partial charge in [-0.05, 0) is 25.0 Å². The fourth-order valence-electron chi connectivity index (χ4n) is 1.45. The molecule has 1 rings (SSSR count). The highest BCUT2D eigenvalue weighted by Gasteiger charge is 2.23. The summed E-state index contributed by atoms with van der Waals surface area (Å²) in [5.74, 6) is 0.157. The van der Waals surface area contributed by atoms with E-state index in [2.05, 4.69) is 10.6 Å². The lowest BCUT2D eigenvalue weighted by Gasteiger charge is -2.17. The van der Waals surface area contributed by atoms with Gasteiger partial charge in [0.2, 0.25) is 0 Å². The molecule has 100 valence electrons. The highest BCUT2D eigenvalue weighted by Crippen LogP contribution is 2.05. The Hall–Kier alpha value is -1.98. The number of rotatable bonds is 5. The molecule has 0 aliphatic carbocycles. The topological polar surface area (TPSA) is 91.6 Å². The Morgan fingerprint density at radius 1 is 1.39 bits per heavy atom. The highest BCUT2D eigenvalue weighted by atomic mass is 16.4. The number of furan rings is 1. The van der Waals surface area contributed by atoms with Crippen LogP contribution in [0.3, 0.4) is 0 Å². The lowest BCUT2D eigenvalue weighted by Crippen LogP contribution is -2.48. The van der Waals surface area contributed by atoms with Gasteiger partial charge in [0.25, 0.3) is 0 Å². The van der Waals surface area contributed by atoms with Crippen molar-refractivity contribution in [3.63, 3.8) is 0 Å². The van der Waals surface area contributed by atoms with E-state index in [0.29, 0.717) is 5.76 Å². The van der Waals surface area contributed by atoms with Gasteiger partial charge >= 0.3 is 12.0 Å². The maximum atomic E-state index is 11.5. The molecule has 6 nitrogen and oxygen atoms in total. The predicted octanol–water partition coefficient (Wildman–Crippen LogP) is 1.50. The molecule has 0 bridgehead atoms. The minimum Gasteiger partial charge on any atom is -0.480 e. The molecule has 1 heterocycles. The number of nitrogens with one attached hydrogen (secondary N) is 2. The van der Waals surface area contributed by atoms with Crippen LogP contribution in [0.2, 0.25) is 0 Å². The molecule has 0 fully saturated rings. The quantitative estimate of drug-likeness (QED) is 0.742. The molecule has 2 amide bonds. The second kappa shape index (κ2) is 6.09. The molecule has 0 unspecified atom stereocenters. The summed E-state index contributed by atoms with van der Waals surface area (Å²) in [6.45, 7) is 5.50. The van der Waals surface area contributed by atoms with Crippen LogP contribution in [0.4, 0.5) is 4.79 Å². The number of hydrogen-bond acceptors (Lipinski definition) is 3. The van der Waals surface area contributed by atoms with Gasteiger partial charge in [-0.1, -0.05) is 13.8 Å². The van der Waals surface area contributed by atoms with E-state index in [1.807, 2.05) is 6.92 Å². The van der Waals surface area contributed by atoms with Gasteiger partial charge in [-0.2, -0.15) is 0 Å². The fourth-order valence-corrected chi connectivity index (χ4v) is 1.45. The van der Waals surface area contributed by atoms with Crippen LogP contribution in [-0.4, -0.2) is 23.1 Å². The first-order valence-electron chi connectivity index (χ1n) is 5.72. The van der Waals surface area contributed by atoms with Gasteiger partial charge in [0.05, 0.1) is 6.54 Å². The summed E-state index contributed by atoms with van der Waals surface area (Å²) in [4.78, 5) is 22.4. The van der Waals surface area contributed by atoms with Crippen molar-refractivity contribution in [1.29, 1.82) is 0 Å². The summed E-state index contributed by atoms with van der Waals surface area (Å²) in [6.07, 6.45) is 0. The summed E-state index contributed by atoms with van der Waals surface area (Å²) in [5, 5.41) is 13.9. The minimum absolute atomic E-state index is 0.181. The Labute approximate surface area is 105 Å². The van der Waals surface area contributed by atoms with Crippen molar-refractivity contribution in [2.45, 2.75) is 33.4 Å². The molecule has 18 heavy (non-hydrogen) atoms. The number of carbonyl (C=O) groups is 2. The second-order valence-corrected chi connectivity index (χ2v) is 4.40. The first kappa shape index (κ1) is 14.1. The summed E-state index contributed by atoms with van der Waals surface area (Å²) in [7, 11) is 0. The van der Waals surface area contributed by atoms with E-state index in [9.17, 15) is 9.59 Å². The van der Waals surface area contributed by atoms with Crippen LogP contribution in [-0.2, 0) is 11.3 Å². The Bertz CT molecular complexity index is 425. The first-order valence-corrected chi connectivity index (χ1v) is 5.72. The van der Waals surface area contributed by atoms with Crippen molar-refractivity contribution in [2.24, 2.45) is 5.92 Å². The second-order valence-electron chi connectivity index (χ2n) is 4.40. The van der Waals surface area contributed by atoms with E-state index in [4.69, 9.17) is 9.52 Å². The normalized spacial score (nSPS) is 12.2. The van der Waals surface area contributed by atoms with Gasteiger partial charge in [-0.15, -0.1) is 0 Å². The lowest BCUT2D eigenvalue weighted by atomic mass is 10.1. The zero-order valence-electron chi connectivity index (χ0n) is 10.7. The Balaban J connectivity index is 2.43. The van der Waals surface area contributed by atoms with Crippen molar-refractivity contribution in [3.8, 4) is 0 Å². The minimum atomic E-state index is -1.05. The summed E-state index contributed by atoms with van der Waals surface area (Å²) >= 11 is 0. The molecule has 0 saturated carbocycles. The number of carbonyl (C=O) groups excluding carboxylic acids is 1. The average molecular weight is 254 g/mol. The standard InChI is InChI=1S/C12H18N2O4/c1-7(2)10(11(15)16)14-12(17)13-6-9-5-4-8(3)18-9/h4-5,7,10H,6H2,1-3H3,(H,15,16)(H2,13,14,17)/t10-/m1/s1. The number of urea groups is 1. The highest BCUT2D eigenvalue weighted by molar-refractivity contribution is 5.82. The van der Waals surface area contributed by atoms with E-state index in [0.717, 1.165) is 5.76 Å². The molecule has 1 atom stereocenters. The van der Waals surface area contributed by atoms with E-state index >= 15 is 0 Å². The molecule has 0 spiro atoms. The third kappa shape index (κ3) is 4.12. The molecule has 3 N–H and O–H groups in total. The SMILES string of the molecule is Cc1ccc(CNC(=O)N[C@@H](C(=O)O)C(C)C)o1. The van der Waals surface area contributed by atoms with E-state index in [1.54, 1.807) is 26.0 Å². The predicted molar refractivity (Wildman–Crippen MR) is 65.1 cm³/mol. The molecule has 0 aliphatic heterocycles. The zero-order chi connectivity index (χ0) is 13.7. The monoisotopic (exact) mass is 254 g/mol. The van der Waals surface area contributed by atoms with Gasteiger partial charge in [0, 0.05) is 0 Å². The summed E-state index contributed by atoms with van der Waals surface area (Å²) in [5.41, 5.74) is 0. The maximum Gasteiger partial charge on any atom is 0.326 e. The van der Waals surface area contributed by atoms with Crippen LogP contribution < -0.4 is 10.6 Å². The summed E-state index contributed by atoms with van der Waals surface area (Å²) < 4.78 is 5.27. The van der Waals surface area contributed by atoms with Crippen molar-refractivity contribution < 1.29 is 19.1 Å². The Morgan fingerprint density at radius 3 is 2.50 bits per heavy atom. The van der Waals surface area contributed by atoms with E-state index in [1.165, 1.54) is 0 Å². The largest absolute Gasteiger partial charge is 0.480 e. The number of aliphatic carboxylic acids is 1. The summed E-state index contributed by atoms with van der Waals surface area (Å²) in [6, 6.07) is 2.13. The molecular formula is C12H18N2O4. The van der Waals surface area contributed by atoms with Crippen molar-refractivity contribution in [3.05, 3.63) is 23.7 Å². The van der Waals surface area contributed by atoms with Gasteiger partial charge in [-0.25, -0.2) is 9.59 Å². The lowest BCUT2D eigenvalue weighted by molar-refractivity contribution is -0.140. The molecule has 0 radical (unpaired) electrons. The maximum absolute atomic E-state index is 11.5. The molecule has 1 aromatic rings. The van der Waals surface area contributed by atoms with Crippen LogP contribution >= 0.6 is 0 Å². The number of hydrogen-bond donors (Lipinski definition) is 3. The molecule has 0 aliphatic rings.